The lowest BCUT2D eigenvalue weighted by atomic mass is 10.1. The van der Waals surface area contributed by atoms with Crippen molar-refractivity contribution in [3.05, 3.63) is 30.5 Å². The molecule has 1 unspecified atom stereocenters. The van der Waals surface area contributed by atoms with E-state index in [9.17, 15) is 0 Å². The minimum Gasteiger partial charge on any atom is -0.396 e. The fraction of sp³-hybridized carbons (Fsp3) is 0.286. The van der Waals surface area contributed by atoms with Crippen molar-refractivity contribution < 1.29 is 0 Å². The molecule has 1 heterocycles. The Kier molecular flexibility index (Phi) is 3.33. The van der Waals surface area contributed by atoms with Crippen molar-refractivity contribution >= 4 is 22.3 Å². The van der Waals surface area contributed by atoms with Crippen molar-refractivity contribution in [2.45, 2.75) is 6.92 Å². The van der Waals surface area contributed by atoms with E-state index in [-0.39, 0.29) is 5.92 Å². The molecule has 0 fully saturated rings. The van der Waals surface area contributed by atoms with Crippen LogP contribution >= 0.6 is 0 Å². The number of nitrogens with two attached hydrogens (primary N) is 1. The van der Waals surface area contributed by atoms with Crippen molar-refractivity contribution in [3.8, 4) is 6.07 Å². The molecule has 1 aromatic heterocycles. The van der Waals surface area contributed by atoms with Gasteiger partial charge in [0.1, 0.15) is 0 Å². The number of rotatable bonds is 3. The molecule has 0 aliphatic heterocycles. The Morgan fingerprint density at radius 1 is 1.44 bits per heavy atom. The van der Waals surface area contributed by atoms with Gasteiger partial charge in [-0.25, -0.2) is 0 Å². The molecule has 1 atom stereocenters. The lowest BCUT2D eigenvalue weighted by molar-refractivity contribution is 0.718. The maximum Gasteiger partial charge on any atom is 0.0745 e. The first-order valence-corrected chi connectivity index (χ1v) is 5.87. The summed E-state index contributed by atoms with van der Waals surface area (Å²) in [7, 11) is 1.95. The fourth-order valence-electron chi connectivity index (χ4n) is 2.11. The Bertz CT molecular complexity index is 600. The summed E-state index contributed by atoms with van der Waals surface area (Å²) in [6.45, 7) is 2.55. The molecule has 4 nitrogen and oxygen atoms in total. The number of hydrogen-bond donors (Lipinski definition) is 1. The fourth-order valence-corrected chi connectivity index (χ4v) is 2.11. The van der Waals surface area contributed by atoms with E-state index in [1.54, 1.807) is 6.20 Å². The largest absolute Gasteiger partial charge is 0.396 e. The number of nitriles is 1. The number of benzene rings is 1. The number of pyridine rings is 1. The quantitative estimate of drug-likeness (QED) is 0.894. The van der Waals surface area contributed by atoms with E-state index in [2.05, 4.69) is 11.1 Å². The molecular formula is C14H16N4. The second-order valence-electron chi connectivity index (χ2n) is 4.49. The Morgan fingerprint density at radius 2 is 2.17 bits per heavy atom. The van der Waals surface area contributed by atoms with Crippen molar-refractivity contribution in [1.82, 2.24) is 4.98 Å². The first kappa shape index (κ1) is 12.2. The van der Waals surface area contributed by atoms with Gasteiger partial charge >= 0.3 is 0 Å². The molecule has 0 spiro atoms. The predicted octanol–water partition coefficient (Wildman–Crippen LogP) is 2.41. The van der Waals surface area contributed by atoms with Gasteiger partial charge in [-0.3, -0.25) is 4.98 Å². The average molecular weight is 240 g/mol. The van der Waals surface area contributed by atoms with Crippen molar-refractivity contribution in [2.75, 3.05) is 24.2 Å². The third-order valence-corrected chi connectivity index (χ3v) is 2.93. The maximum atomic E-state index is 8.89. The van der Waals surface area contributed by atoms with Crippen LogP contribution in [0.3, 0.4) is 0 Å². The minimum atomic E-state index is -0.0404. The molecule has 2 rings (SSSR count). The van der Waals surface area contributed by atoms with Gasteiger partial charge in [-0.2, -0.15) is 5.26 Å². The molecule has 0 saturated heterocycles. The first-order valence-electron chi connectivity index (χ1n) is 5.87. The molecule has 1 aromatic carbocycles. The summed E-state index contributed by atoms with van der Waals surface area (Å²) in [5.74, 6) is -0.0404. The predicted molar refractivity (Wildman–Crippen MR) is 74.2 cm³/mol. The van der Waals surface area contributed by atoms with E-state index >= 15 is 0 Å². The van der Waals surface area contributed by atoms with Crippen molar-refractivity contribution in [3.63, 3.8) is 0 Å². The number of nitrogens with zero attached hydrogens (tertiary/aromatic N) is 3. The molecule has 0 aliphatic carbocycles. The lowest BCUT2D eigenvalue weighted by Gasteiger charge is -2.23. The van der Waals surface area contributed by atoms with Crippen LogP contribution in [-0.2, 0) is 0 Å². The topological polar surface area (TPSA) is 65.9 Å². The molecule has 2 N–H and O–H groups in total. The van der Waals surface area contributed by atoms with Crippen LogP contribution in [0.5, 0.6) is 0 Å². The van der Waals surface area contributed by atoms with Gasteiger partial charge in [0.05, 0.1) is 35.1 Å². The molecule has 0 bridgehead atoms. The van der Waals surface area contributed by atoms with Gasteiger partial charge < -0.3 is 10.6 Å². The van der Waals surface area contributed by atoms with Crippen molar-refractivity contribution in [2.24, 2.45) is 5.92 Å². The number of anilines is 2. The highest BCUT2D eigenvalue weighted by molar-refractivity contribution is 5.97. The molecule has 0 amide bonds. The molecule has 0 saturated carbocycles. The smallest absolute Gasteiger partial charge is 0.0745 e. The standard InChI is InChI=1S/C14H16N4/c1-10(7-15)9-18(2)14-11-5-3-4-6-13(11)17-8-12(14)16/h3-6,8,10H,9,16H2,1-2H3. The highest BCUT2D eigenvalue weighted by Gasteiger charge is 2.13. The molecule has 2 aromatic rings. The highest BCUT2D eigenvalue weighted by atomic mass is 15.1. The van der Waals surface area contributed by atoms with E-state index in [1.165, 1.54) is 0 Å². The summed E-state index contributed by atoms with van der Waals surface area (Å²) in [6, 6.07) is 10.1. The Labute approximate surface area is 107 Å². The molecule has 18 heavy (non-hydrogen) atoms. The summed E-state index contributed by atoms with van der Waals surface area (Å²) in [6.07, 6.45) is 1.67. The second kappa shape index (κ2) is 4.92. The summed E-state index contributed by atoms with van der Waals surface area (Å²) in [4.78, 5) is 6.33. The Balaban J connectivity index is 2.49. The van der Waals surface area contributed by atoms with E-state index in [4.69, 9.17) is 11.0 Å². The maximum absolute atomic E-state index is 8.89. The Hall–Kier alpha value is -2.28. The van der Waals surface area contributed by atoms with Gasteiger partial charge in [-0.05, 0) is 13.0 Å². The van der Waals surface area contributed by atoms with Crippen LogP contribution in [0.2, 0.25) is 0 Å². The molecular weight excluding hydrogens is 224 g/mol. The molecule has 0 aliphatic rings. The first-order chi connectivity index (χ1) is 8.63. The van der Waals surface area contributed by atoms with Crippen LogP contribution in [0.25, 0.3) is 10.9 Å². The minimum absolute atomic E-state index is 0.0404. The van der Waals surface area contributed by atoms with Crippen LogP contribution in [0.4, 0.5) is 11.4 Å². The van der Waals surface area contributed by atoms with Crippen LogP contribution in [0.1, 0.15) is 6.92 Å². The van der Waals surface area contributed by atoms with Gasteiger partial charge in [0, 0.05) is 19.0 Å². The van der Waals surface area contributed by atoms with Gasteiger partial charge in [0.2, 0.25) is 0 Å². The Morgan fingerprint density at radius 3 is 2.89 bits per heavy atom. The molecule has 0 radical (unpaired) electrons. The number of aromatic nitrogens is 1. The van der Waals surface area contributed by atoms with Crippen LogP contribution in [0, 0.1) is 17.2 Å². The molecule has 92 valence electrons. The zero-order valence-electron chi connectivity index (χ0n) is 10.6. The zero-order chi connectivity index (χ0) is 13.1. The lowest BCUT2D eigenvalue weighted by Crippen LogP contribution is -2.24. The van der Waals surface area contributed by atoms with E-state index in [1.807, 2.05) is 43.1 Å². The SMILES string of the molecule is CC(C#N)CN(C)c1c(N)cnc2ccccc12. The third kappa shape index (κ3) is 2.21. The summed E-state index contributed by atoms with van der Waals surface area (Å²) >= 11 is 0. The van der Waals surface area contributed by atoms with Gasteiger partial charge in [0.25, 0.3) is 0 Å². The summed E-state index contributed by atoms with van der Waals surface area (Å²) < 4.78 is 0. The monoisotopic (exact) mass is 240 g/mol. The van der Waals surface area contributed by atoms with E-state index in [0.717, 1.165) is 16.6 Å². The van der Waals surface area contributed by atoms with Crippen LogP contribution in [-0.4, -0.2) is 18.6 Å². The number of fused-ring (bicyclic) bond motifs is 1. The zero-order valence-corrected chi connectivity index (χ0v) is 10.6. The van der Waals surface area contributed by atoms with E-state index in [0.29, 0.717) is 12.2 Å². The summed E-state index contributed by atoms with van der Waals surface area (Å²) in [5.41, 5.74) is 8.52. The van der Waals surface area contributed by atoms with Crippen LogP contribution in [0.15, 0.2) is 30.5 Å². The second-order valence-corrected chi connectivity index (χ2v) is 4.49. The molecule has 4 heteroatoms. The van der Waals surface area contributed by atoms with E-state index < -0.39 is 0 Å². The number of nitrogen functional groups attached to an aromatic ring is 1. The highest BCUT2D eigenvalue weighted by Crippen LogP contribution is 2.30. The summed E-state index contributed by atoms with van der Waals surface area (Å²) in [5, 5.41) is 9.91. The van der Waals surface area contributed by atoms with Gasteiger partial charge in [-0.15, -0.1) is 0 Å². The number of para-hydroxylation sites is 1. The normalized spacial score (nSPS) is 12.1. The third-order valence-electron chi connectivity index (χ3n) is 2.93. The number of hydrogen-bond acceptors (Lipinski definition) is 4. The van der Waals surface area contributed by atoms with Crippen molar-refractivity contribution in [1.29, 1.82) is 5.26 Å². The van der Waals surface area contributed by atoms with Gasteiger partial charge in [0.15, 0.2) is 0 Å². The average Bonchev–Trinajstić information content (AvgIpc) is 2.38. The van der Waals surface area contributed by atoms with Crippen LogP contribution < -0.4 is 10.6 Å². The van der Waals surface area contributed by atoms with Gasteiger partial charge in [-0.1, -0.05) is 18.2 Å².